The first-order valence-electron chi connectivity index (χ1n) is 7.98. The molecule has 2 aromatic carbocycles. The van der Waals surface area contributed by atoms with E-state index in [1.165, 1.54) is 19.2 Å². The van der Waals surface area contributed by atoms with Gasteiger partial charge in [-0.15, -0.1) is 0 Å². The number of benzene rings is 2. The van der Waals surface area contributed by atoms with E-state index in [-0.39, 0.29) is 5.78 Å². The van der Waals surface area contributed by atoms with Gasteiger partial charge in [-0.05, 0) is 35.8 Å². The fraction of sp³-hybridized carbons (Fsp3) is 0.200. The number of alkyl carbamates (subject to hydrolysis) is 1. The fourth-order valence-electron chi connectivity index (χ4n) is 2.70. The highest BCUT2D eigenvalue weighted by Crippen LogP contribution is 2.33. The van der Waals surface area contributed by atoms with E-state index in [0.29, 0.717) is 5.56 Å². The van der Waals surface area contributed by atoms with Gasteiger partial charge in [0.25, 0.3) is 0 Å². The standard InChI is InChI=1S/C20H19NO4/c1-20(17(22)12-13-18(25-20)24-19(23)21-2)16-10-8-15(9-11-16)14-6-4-3-5-7-14/h3-13,18H,1-2H3,(H,21,23)/t18-,20-/m0/s1. The van der Waals surface area contributed by atoms with Gasteiger partial charge in [-0.25, -0.2) is 4.79 Å². The van der Waals surface area contributed by atoms with Gasteiger partial charge in [-0.3, -0.25) is 4.79 Å². The molecule has 0 aromatic heterocycles. The molecule has 0 spiro atoms. The van der Waals surface area contributed by atoms with Gasteiger partial charge in [0.15, 0.2) is 11.4 Å². The number of ether oxygens (including phenoxy) is 2. The molecule has 1 amide bonds. The van der Waals surface area contributed by atoms with E-state index in [1.54, 1.807) is 6.92 Å². The first-order valence-corrected chi connectivity index (χ1v) is 7.98. The maximum atomic E-state index is 12.4. The molecule has 1 N–H and O–H groups in total. The molecule has 0 radical (unpaired) electrons. The molecule has 1 aliphatic rings. The molecule has 5 nitrogen and oxygen atoms in total. The molecular formula is C20H19NO4. The Morgan fingerprint density at radius 3 is 2.36 bits per heavy atom. The van der Waals surface area contributed by atoms with Crippen LogP contribution in [0.2, 0.25) is 0 Å². The maximum absolute atomic E-state index is 12.4. The van der Waals surface area contributed by atoms with Crippen LogP contribution in [0.25, 0.3) is 11.1 Å². The van der Waals surface area contributed by atoms with E-state index in [1.807, 2.05) is 54.6 Å². The predicted molar refractivity (Wildman–Crippen MR) is 93.8 cm³/mol. The summed E-state index contributed by atoms with van der Waals surface area (Å²) in [5, 5.41) is 2.36. The molecule has 1 heterocycles. The van der Waals surface area contributed by atoms with Gasteiger partial charge in [0.05, 0.1) is 0 Å². The highest BCUT2D eigenvalue weighted by molar-refractivity contribution is 5.98. The van der Waals surface area contributed by atoms with Crippen LogP contribution < -0.4 is 5.32 Å². The summed E-state index contributed by atoms with van der Waals surface area (Å²) >= 11 is 0. The van der Waals surface area contributed by atoms with Gasteiger partial charge in [0, 0.05) is 7.05 Å². The molecular weight excluding hydrogens is 318 g/mol. The highest BCUT2D eigenvalue weighted by Gasteiger charge is 2.40. The molecule has 3 rings (SSSR count). The van der Waals surface area contributed by atoms with E-state index in [9.17, 15) is 9.59 Å². The molecule has 128 valence electrons. The zero-order valence-corrected chi connectivity index (χ0v) is 14.1. The van der Waals surface area contributed by atoms with Crippen LogP contribution in [0.4, 0.5) is 4.79 Å². The Bertz CT molecular complexity index is 798. The van der Waals surface area contributed by atoms with Crippen LogP contribution in [0, 0.1) is 0 Å². The average Bonchev–Trinajstić information content (AvgIpc) is 2.65. The summed E-state index contributed by atoms with van der Waals surface area (Å²) in [7, 11) is 1.46. The number of nitrogens with one attached hydrogen (secondary N) is 1. The van der Waals surface area contributed by atoms with E-state index < -0.39 is 18.0 Å². The Kier molecular flexibility index (Phi) is 4.67. The normalized spacial score (nSPS) is 22.5. The van der Waals surface area contributed by atoms with Gasteiger partial charge >= 0.3 is 6.09 Å². The second-order valence-corrected chi connectivity index (χ2v) is 5.84. The third kappa shape index (κ3) is 3.46. The number of ketones is 1. The lowest BCUT2D eigenvalue weighted by Crippen LogP contribution is -2.43. The number of rotatable bonds is 3. The summed E-state index contributed by atoms with van der Waals surface area (Å²) in [6.45, 7) is 1.68. The molecule has 0 fully saturated rings. The molecule has 2 atom stereocenters. The summed E-state index contributed by atoms with van der Waals surface area (Å²) in [6, 6.07) is 17.6. The third-order valence-electron chi connectivity index (χ3n) is 4.20. The minimum atomic E-state index is -1.21. The van der Waals surface area contributed by atoms with Crippen LogP contribution in [0.1, 0.15) is 12.5 Å². The number of hydrogen-bond donors (Lipinski definition) is 1. The minimum Gasteiger partial charge on any atom is -0.416 e. The zero-order valence-electron chi connectivity index (χ0n) is 14.1. The lowest BCUT2D eigenvalue weighted by Gasteiger charge is -2.33. The smallest absolute Gasteiger partial charge is 0.409 e. The van der Waals surface area contributed by atoms with Crippen LogP contribution in [0.3, 0.4) is 0 Å². The first-order chi connectivity index (χ1) is 12.0. The number of carbonyl (C=O) groups is 2. The number of amides is 1. The summed E-state index contributed by atoms with van der Waals surface area (Å²) in [6.07, 6.45) is 1.28. The van der Waals surface area contributed by atoms with E-state index >= 15 is 0 Å². The van der Waals surface area contributed by atoms with Gasteiger partial charge in [0.1, 0.15) is 0 Å². The Morgan fingerprint density at radius 1 is 1.08 bits per heavy atom. The second-order valence-electron chi connectivity index (χ2n) is 5.84. The van der Waals surface area contributed by atoms with Crippen molar-refractivity contribution in [1.82, 2.24) is 5.32 Å². The van der Waals surface area contributed by atoms with Crippen molar-refractivity contribution in [2.45, 2.75) is 18.8 Å². The van der Waals surface area contributed by atoms with Crippen LogP contribution in [0.5, 0.6) is 0 Å². The summed E-state index contributed by atoms with van der Waals surface area (Å²) in [4.78, 5) is 23.8. The van der Waals surface area contributed by atoms with Crippen molar-refractivity contribution in [3.63, 3.8) is 0 Å². The summed E-state index contributed by atoms with van der Waals surface area (Å²) in [5.74, 6) is -0.197. The maximum Gasteiger partial charge on any atom is 0.409 e. The third-order valence-corrected chi connectivity index (χ3v) is 4.20. The molecule has 0 unspecified atom stereocenters. The van der Waals surface area contributed by atoms with Crippen LogP contribution >= 0.6 is 0 Å². The van der Waals surface area contributed by atoms with Gasteiger partial charge in [0.2, 0.25) is 6.29 Å². The first kappa shape index (κ1) is 16.9. The molecule has 0 aliphatic carbocycles. The minimum absolute atomic E-state index is 0.197. The molecule has 2 aromatic rings. The van der Waals surface area contributed by atoms with E-state index in [0.717, 1.165) is 11.1 Å². The SMILES string of the molecule is CNC(=O)O[C@@H]1C=CC(=O)[C@](C)(c2ccc(-c3ccccc3)cc2)O1. The molecule has 0 saturated heterocycles. The van der Waals surface area contributed by atoms with Gasteiger partial charge < -0.3 is 14.8 Å². The van der Waals surface area contributed by atoms with Gasteiger partial charge in [-0.1, -0.05) is 54.6 Å². The van der Waals surface area contributed by atoms with Crippen molar-refractivity contribution in [2.75, 3.05) is 7.05 Å². The lowest BCUT2D eigenvalue weighted by molar-refractivity contribution is -0.177. The zero-order chi connectivity index (χ0) is 17.9. The van der Waals surface area contributed by atoms with Crippen molar-refractivity contribution in [1.29, 1.82) is 0 Å². The quantitative estimate of drug-likeness (QED) is 0.932. The highest BCUT2D eigenvalue weighted by atomic mass is 16.7. The van der Waals surface area contributed by atoms with Crippen LogP contribution in [-0.4, -0.2) is 25.2 Å². The van der Waals surface area contributed by atoms with Crippen LogP contribution in [-0.2, 0) is 19.9 Å². The molecule has 25 heavy (non-hydrogen) atoms. The fourth-order valence-corrected chi connectivity index (χ4v) is 2.70. The summed E-state index contributed by atoms with van der Waals surface area (Å²) in [5.41, 5.74) is 1.63. The van der Waals surface area contributed by atoms with Crippen molar-refractivity contribution in [3.05, 3.63) is 72.3 Å². The second kappa shape index (κ2) is 6.91. The number of carbonyl (C=O) groups excluding carboxylic acids is 2. The summed E-state index contributed by atoms with van der Waals surface area (Å²) < 4.78 is 10.9. The Balaban J connectivity index is 1.85. The average molecular weight is 337 g/mol. The van der Waals surface area contributed by atoms with Crippen LogP contribution in [0.15, 0.2) is 66.7 Å². The predicted octanol–water partition coefficient (Wildman–Crippen LogP) is 3.41. The largest absolute Gasteiger partial charge is 0.416 e. The Morgan fingerprint density at radius 2 is 1.72 bits per heavy atom. The number of hydrogen-bond acceptors (Lipinski definition) is 4. The van der Waals surface area contributed by atoms with Gasteiger partial charge in [-0.2, -0.15) is 0 Å². The molecule has 0 bridgehead atoms. The Hall–Kier alpha value is -2.92. The molecule has 1 aliphatic heterocycles. The molecule has 5 heteroatoms. The lowest BCUT2D eigenvalue weighted by atomic mass is 9.88. The van der Waals surface area contributed by atoms with E-state index in [2.05, 4.69) is 5.32 Å². The van der Waals surface area contributed by atoms with Crippen molar-refractivity contribution < 1.29 is 19.1 Å². The monoisotopic (exact) mass is 337 g/mol. The van der Waals surface area contributed by atoms with Crippen molar-refractivity contribution in [2.24, 2.45) is 0 Å². The topological polar surface area (TPSA) is 64.6 Å². The van der Waals surface area contributed by atoms with E-state index in [4.69, 9.17) is 9.47 Å². The molecule has 0 saturated carbocycles. The Labute approximate surface area is 146 Å². The van der Waals surface area contributed by atoms with Crippen molar-refractivity contribution >= 4 is 11.9 Å². The van der Waals surface area contributed by atoms with Crippen molar-refractivity contribution in [3.8, 4) is 11.1 Å².